The summed E-state index contributed by atoms with van der Waals surface area (Å²) in [6.07, 6.45) is -5.19. The Bertz CT molecular complexity index is 1590. The highest BCUT2D eigenvalue weighted by molar-refractivity contribution is 7.93. The van der Waals surface area contributed by atoms with Gasteiger partial charge in [-0.2, -0.15) is 18.4 Å². The standard InChI is InChI=1S/C19H13F4N5O5S2/c1-2-35(32,33)28(17(30)14-4-3-5-34-14)12-7-13(11(20)6-10(12)9-24)26-16(29)8-15(19(21,22)23)27(25)18(26)31/h3-8H,2,25H2,1H3. The number of nitrogens with zero attached hydrogens (tertiary/aromatic N) is 4. The number of hydrogen-bond donors (Lipinski definition) is 1. The SMILES string of the molecule is CCS(=O)(=O)N(C(=O)c1cccs1)c1cc(-n2c(=O)cc(C(F)(F)F)n(N)c2=O)c(F)cc1C#N. The molecule has 16 heteroatoms. The van der Waals surface area contributed by atoms with Crippen LogP contribution in [0.1, 0.15) is 27.9 Å². The molecule has 35 heavy (non-hydrogen) atoms. The van der Waals surface area contributed by atoms with Crippen LogP contribution in [0.3, 0.4) is 0 Å². The Labute approximate surface area is 197 Å². The quantitative estimate of drug-likeness (QED) is 0.390. The molecule has 0 bridgehead atoms. The fourth-order valence-electron chi connectivity index (χ4n) is 2.99. The number of nitrogen functional groups attached to an aromatic ring is 1. The fraction of sp³-hybridized carbons (Fsp3) is 0.158. The third kappa shape index (κ3) is 4.55. The second kappa shape index (κ2) is 9.00. The zero-order chi connectivity index (χ0) is 26.3. The molecular formula is C19H13F4N5O5S2. The summed E-state index contributed by atoms with van der Waals surface area (Å²) < 4.78 is 79.4. The third-order valence-electron chi connectivity index (χ3n) is 4.63. The van der Waals surface area contributed by atoms with Crippen LogP contribution in [0.25, 0.3) is 5.69 Å². The zero-order valence-electron chi connectivity index (χ0n) is 17.4. The first-order valence-corrected chi connectivity index (χ1v) is 11.8. The monoisotopic (exact) mass is 531 g/mol. The van der Waals surface area contributed by atoms with Crippen molar-refractivity contribution in [3.05, 3.63) is 78.5 Å². The molecule has 0 spiro atoms. The molecule has 0 aliphatic carbocycles. The molecular weight excluding hydrogens is 518 g/mol. The average Bonchev–Trinajstić information content (AvgIpc) is 3.32. The number of nitrogens with two attached hydrogens (primary N) is 1. The molecule has 2 N–H and O–H groups in total. The maximum Gasteiger partial charge on any atom is 0.433 e. The van der Waals surface area contributed by atoms with Crippen LogP contribution >= 0.6 is 11.3 Å². The minimum atomic E-state index is -5.19. The molecule has 3 aromatic rings. The normalized spacial score (nSPS) is 11.8. The van der Waals surface area contributed by atoms with E-state index in [1.165, 1.54) is 30.5 Å². The van der Waals surface area contributed by atoms with Gasteiger partial charge in [-0.05, 0) is 30.5 Å². The van der Waals surface area contributed by atoms with Gasteiger partial charge in [0, 0.05) is 6.07 Å². The van der Waals surface area contributed by atoms with Crippen molar-refractivity contribution in [2.45, 2.75) is 13.1 Å². The fourth-order valence-corrected chi connectivity index (χ4v) is 4.76. The highest BCUT2D eigenvalue weighted by Gasteiger charge is 2.37. The van der Waals surface area contributed by atoms with Gasteiger partial charge in [0.05, 0.1) is 27.6 Å². The highest BCUT2D eigenvalue weighted by Crippen LogP contribution is 2.31. The third-order valence-corrected chi connectivity index (χ3v) is 7.14. The number of sulfonamides is 1. The van der Waals surface area contributed by atoms with Crippen molar-refractivity contribution in [1.82, 2.24) is 9.24 Å². The molecule has 184 valence electrons. The molecule has 3 rings (SSSR count). The van der Waals surface area contributed by atoms with Crippen molar-refractivity contribution in [3.63, 3.8) is 0 Å². The number of amides is 1. The lowest BCUT2D eigenvalue weighted by molar-refractivity contribution is -0.143. The summed E-state index contributed by atoms with van der Waals surface area (Å²) >= 11 is 0.864. The number of hydrogen-bond acceptors (Lipinski definition) is 8. The Morgan fingerprint density at radius 1 is 1.26 bits per heavy atom. The number of rotatable bonds is 5. The van der Waals surface area contributed by atoms with Crippen molar-refractivity contribution in [3.8, 4) is 11.8 Å². The number of benzene rings is 1. The number of alkyl halides is 3. The van der Waals surface area contributed by atoms with Crippen LogP contribution in [-0.2, 0) is 16.2 Å². The molecule has 2 aromatic heterocycles. The number of nitriles is 1. The Kier molecular flexibility index (Phi) is 6.59. The lowest BCUT2D eigenvalue weighted by Gasteiger charge is -2.23. The molecule has 0 atom stereocenters. The molecule has 2 heterocycles. The van der Waals surface area contributed by atoms with E-state index < -0.39 is 72.2 Å². The zero-order valence-corrected chi connectivity index (χ0v) is 19.0. The van der Waals surface area contributed by atoms with Gasteiger partial charge in [-0.3, -0.25) is 9.59 Å². The largest absolute Gasteiger partial charge is 0.433 e. The molecule has 0 aliphatic rings. The number of anilines is 1. The van der Waals surface area contributed by atoms with Crippen LogP contribution < -0.4 is 21.4 Å². The number of thiophene rings is 1. The van der Waals surface area contributed by atoms with Gasteiger partial charge in [-0.25, -0.2) is 31.2 Å². The maximum absolute atomic E-state index is 14.9. The smallest absolute Gasteiger partial charge is 0.335 e. The van der Waals surface area contributed by atoms with Gasteiger partial charge in [-0.15, -0.1) is 11.3 Å². The van der Waals surface area contributed by atoms with E-state index in [9.17, 15) is 45.6 Å². The molecule has 0 fully saturated rings. The Morgan fingerprint density at radius 2 is 1.91 bits per heavy atom. The van der Waals surface area contributed by atoms with Gasteiger partial charge in [0.1, 0.15) is 11.9 Å². The van der Waals surface area contributed by atoms with Crippen molar-refractivity contribution < 1.29 is 30.8 Å². The van der Waals surface area contributed by atoms with E-state index in [1.807, 2.05) is 0 Å². The van der Waals surface area contributed by atoms with Crippen LogP contribution in [0.4, 0.5) is 23.2 Å². The second-order valence-electron chi connectivity index (χ2n) is 6.73. The predicted molar refractivity (Wildman–Crippen MR) is 117 cm³/mol. The summed E-state index contributed by atoms with van der Waals surface area (Å²) in [5.41, 5.74) is -7.69. The first kappa shape index (κ1) is 25.6. The van der Waals surface area contributed by atoms with Crippen LogP contribution in [0.5, 0.6) is 0 Å². The maximum atomic E-state index is 14.9. The minimum Gasteiger partial charge on any atom is -0.335 e. The first-order valence-electron chi connectivity index (χ1n) is 9.30. The summed E-state index contributed by atoms with van der Waals surface area (Å²) in [7, 11) is -4.46. The summed E-state index contributed by atoms with van der Waals surface area (Å²) in [4.78, 5) is 37.8. The summed E-state index contributed by atoms with van der Waals surface area (Å²) in [6.45, 7) is 1.19. The summed E-state index contributed by atoms with van der Waals surface area (Å²) in [5.74, 6) is 1.97. The predicted octanol–water partition coefficient (Wildman–Crippen LogP) is 1.80. The van der Waals surface area contributed by atoms with Gasteiger partial charge in [0.15, 0.2) is 5.69 Å². The second-order valence-corrected chi connectivity index (χ2v) is 9.79. The Hall–Kier alpha value is -3.97. The number of carbonyl (C=O) groups excluding carboxylic acids is 1. The van der Waals surface area contributed by atoms with Crippen molar-refractivity contribution in [1.29, 1.82) is 5.26 Å². The summed E-state index contributed by atoms with van der Waals surface area (Å²) in [6, 6.07) is 5.17. The minimum absolute atomic E-state index is 0.0595. The van der Waals surface area contributed by atoms with Crippen LogP contribution in [0.2, 0.25) is 0 Å². The van der Waals surface area contributed by atoms with Gasteiger partial charge < -0.3 is 5.84 Å². The van der Waals surface area contributed by atoms with E-state index >= 15 is 0 Å². The Morgan fingerprint density at radius 3 is 2.43 bits per heavy atom. The average molecular weight is 531 g/mol. The number of carbonyl (C=O) groups is 1. The summed E-state index contributed by atoms with van der Waals surface area (Å²) in [5, 5.41) is 10.9. The molecule has 10 nitrogen and oxygen atoms in total. The van der Waals surface area contributed by atoms with Gasteiger partial charge in [0.25, 0.3) is 11.5 Å². The molecule has 0 saturated carbocycles. The molecule has 0 saturated heterocycles. The van der Waals surface area contributed by atoms with Crippen molar-refractivity contribution in [2.75, 3.05) is 15.9 Å². The van der Waals surface area contributed by atoms with Crippen molar-refractivity contribution >= 4 is 33.0 Å². The molecule has 0 unspecified atom stereocenters. The topological polar surface area (TPSA) is 148 Å². The molecule has 0 radical (unpaired) electrons. The molecule has 1 aromatic carbocycles. The van der Waals surface area contributed by atoms with E-state index in [-0.39, 0.29) is 19.8 Å². The van der Waals surface area contributed by atoms with E-state index in [1.54, 1.807) is 0 Å². The lowest BCUT2D eigenvalue weighted by Crippen LogP contribution is -2.45. The number of aromatic nitrogens is 2. The van der Waals surface area contributed by atoms with Gasteiger partial charge >= 0.3 is 11.9 Å². The van der Waals surface area contributed by atoms with E-state index in [4.69, 9.17) is 5.84 Å². The number of halogens is 4. The molecule has 0 aliphatic heterocycles. The van der Waals surface area contributed by atoms with Crippen LogP contribution in [0.15, 0.2) is 45.3 Å². The van der Waals surface area contributed by atoms with Crippen LogP contribution in [-0.4, -0.2) is 29.3 Å². The van der Waals surface area contributed by atoms with Crippen LogP contribution in [0, 0.1) is 17.1 Å². The first-order chi connectivity index (χ1) is 16.2. The van der Waals surface area contributed by atoms with Gasteiger partial charge in [0.2, 0.25) is 10.0 Å². The molecule has 1 amide bonds. The van der Waals surface area contributed by atoms with E-state index in [2.05, 4.69) is 0 Å². The van der Waals surface area contributed by atoms with E-state index in [0.29, 0.717) is 12.1 Å². The Balaban J connectivity index is 2.39. The van der Waals surface area contributed by atoms with Gasteiger partial charge in [-0.1, -0.05) is 6.07 Å². The van der Waals surface area contributed by atoms with Crippen molar-refractivity contribution in [2.24, 2.45) is 0 Å². The van der Waals surface area contributed by atoms with E-state index in [0.717, 1.165) is 11.3 Å². The highest BCUT2D eigenvalue weighted by atomic mass is 32.2. The lowest BCUT2D eigenvalue weighted by atomic mass is 10.1.